The van der Waals surface area contributed by atoms with E-state index in [4.69, 9.17) is 10.5 Å². The largest absolute Gasteiger partial charge is 0.383 e. The zero-order chi connectivity index (χ0) is 13.1. The van der Waals surface area contributed by atoms with Gasteiger partial charge in [-0.2, -0.15) is 9.97 Å². The van der Waals surface area contributed by atoms with Crippen LogP contribution >= 0.6 is 0 Å². The number of nitrogens with zero attached hydrogens (tertiary/aromatic N) is 3. The summed E-state index contributed by atoms with van der Waals surface area (Å²) in [7, 11) is 1.68. The second-order valence-electron chi connectivity index (χ2n) is 4.48. The molecule has 0 fully saturated rings. The van der Waals surface area contributed by atoms with Crippen LogP contribution in [0.1, 0.15) is 13.8 Å². The Morgan fingerprint density at radius 3 is 2.89 bits per heavy atom. The van der Waals surface area contributed by atoms with Crippen LogP contribution in [-0.2, 0) is 4.74 Å². The molecule has 7 nitrogen and oxygen atoms in total. The van der Waals surface area contributed by atoms with Gasteiger partial charge in [-0.05, 0) is 5.92 Å². The number of anilines is 2. The number of methoxy groups -OCH3 is 1. The first-order valence-electron chi connectivity index (χ1n) is 5.84. The van der Waals surface area contributed by atoms with Gasteiger partial charge in [-0.1, -0.05) is 13.8 Å². The van der Waals surface area contributed by atoms with Crippen molar-refractivity contribution in [1.29, 1.82) is 0 Å². The van der Waals surface area contributed by atoms with Crippen LogP contribution in [0.3, 0.4) is 0 Å². The van der Waals surface area contributed by atoms with Crippen LogP contribution in [0.4, 0.5) is 11.8 Å². The minimum absolute atomic E-state index is 0.149. The minimum Gasteiger partial charge on any atom is -0.383 e. The molecular weight excluding hydrogens is 232 g/mol. The first-order valence-corrected chi connectivity index (χ1v) is 5.84. The zero-order valence-corrected chi connectivity index (χ0v) is 10.8. The molecule has 1 atom stereocenters. The molecule has 0 aliphatic carbocycles. The summed E-state index contributed by atoms with van der Waals surface area (Å²) in [5.41, 5.74) is 6.98. The molecule has 0 spiro atoms. The average Bonchev–Trinajstić information content (AvgIpc) is 2.76. The average molecular weight is 250 g/mol. The van der Waals surface area contributed by atoms with Crippen LogP contribution in [0.15, 0.2) is 6.33 Å². The van der Waals surface area contributed by atoms with E-state index in [0.29, 0.717) is 24.0 Å². The maximum Gasteiger partial charge on any atom is 0.224 e. The lowest BCUT2D eigenvalue weighted by Crippen LogP contribution is -2.31. The lowest BCUT2D eigenvalue weighted by Gasteiger charge is -2.22. The van der Waals surface area contributed by atoms with Gasteiger partial charge in [-0.25, -0.2) is 4.98 Å². The number of fused-ring (bicyclic) bond motifs is 1. The third-order valence-electron chi connectivity index (χ3n) is 2.78. The Morgan fingerprint density at radius 2 is 2.22 bits per heavy atom. The smallest absolute Gasteiger partial charge is 0.224 e. The molecule has 2 aromatic rings. The monoisotopic (exact) mass is 250 g/mol. The van der Waals surface area contributed by atoms with E-state index in [1.807, 2.05) is 0 Å². The number of rotatable bonds is 5. The van der Waals surface area contributed by atoms with Crippen LogP contribution in [0.25, 0.3) is 11.2 Å². The second-order valence-corrected chi connectivity index (χ2v) is 4.48. The van der Waals surface area contributed by atoms with Crippen molar-refractivity contribution in [3.8, 4) is 0 Å². The molecule has 0 aliphatic rings. The number of aromatic amines is 1. The van der Waals surface area contributed by atoms with E-state index in [1.165, 1.54) is 0 Å². The van der Waals surface area contributed by atoms with Gasteiger partial charge in [0, 0.05) is 7.11 Å². The first-order chi connectivity index (χ1) is 8.61. The Bertz CT molecular complexity index is 523. The molecule has 0 aromatic carbocycles. The van der Waals surface area contributed by atoms with Crippen molar-refractivity contribution in [3.63, 3.8) is 0 Å². The molecule has 2 heterocycles. The van der Waals surface area contributed by atoms with Crippen LogP contribution in [0.5, 0.6) is 0 Å². The minimum atomic E-state index is 0.149. The van der Waals surface area contributed by atoms with Crippen LogP contribution < -0.4 is 11.1 Å². The van der Waals surface area contributed by atoms with Crippen LogP contribution in [0.2, 0.25) is 0 Å². The van der Waals surface area contributed by atoms with Crippen molar-refractivity contribution in [3.05, 3.63) is 6.33 Å². The van der Waals surface area contributed by atoms with Crippen LogP contribution in [-0.4, -0.2) is 39.7 Å². The van der Waals surface area contributed by atoms with E-state index in [0.717, 1.165) is 5.52 Å². The number of imidazole rings is 1. The summed E-state index contributed by atoms with van der Waals surface area (Å²) in [5.74, 6) is 1.27. The zero-order valence-electron chi connectivity index (χ0n) is 10.8. The Balaban J connectivity index is 2.32. The van der Waals surface area contributed by atoms with Crippen molar-refractivity contribution in [1.82, 2.24) is 19.9 Å². The Morgan fingerprint density at radius 1 is 1.44 bits per heavy atom. The molecule has 0 amide bonds. The fraction of sp³-hybridized carbons (Fsp3) is 0.545. The van der Waals surface area contributed by atoms with Gasteiger partial charge in [0.25, 0.3) is 0 Å². The van der Waals surface area contributed by atoms with Crippen molar-refractivity contribution in [2.24, 2.45) is 5.92 Å². The van der Waals surface area contributed by atoms with Crippen molar-refractivity contribution >= 4 is 22.9 Å². The number of aromatic nitrogens is 4. The molecule has 4 N–H and O–H groups in total. The highest BCUT2D eigenvalue weighted by Crippen LogP contribution is 2.19. The van der Waals surface area contributed by atoms with Gasteiger partial charge >= 0.3 is 0 Å². The molecule has 0 saturated heterocycles. The Kier molecular flexibility index (Phi) is 3.61. The molecule has 2 aromatic heterocycles. The van der Waals surface area contributed by atoms with Crippen LogP contribution in [0, 0.1) is 5.92 Å². The molecule has 0 bridgehead atoms. The highest BCUT2D eigenvalue weighted by Gasteiger charge is 2.16. The van der Waals surface area contributed by atoms with E-state index in [9.17, 15) is 0 Å². The number of hydrogen-bond acceptors (Lipinski definition) is 6. The topological polar surface area (TPSA) is 102 Å². The lowest BCUT2D eigenvalue weighted by atomic mass is 10.1. The highest BCUT2D eigenvalue weighted by molar-refractivity contribution is 5.83. The maximum atomic E-state index is 5.66. The van der Waals surface area contributed by atoms with E-state index >= 15 is 0 Å². The van der Waals surface area contributed by atoms with Gasteiger partial charge in [0.1, 0.15) is 5.52 Å². The van der Waals surface area contributed by atoms with Gasteiger partial charge in [0.05, 0.1) is 19.0 Å². The summed E-state index contributed by atoms with van der Waals surface area (Å²) < 4.78 is 5.20. The van der Waals surface area contributed by atoms with E-state index in [1.54, 1.807) is 13.4 Å². The lowest BCUT2D eigenvalue weighted by molar-refractivity contribution is 0.171. The molecular formula is C11H18N6O. The Hall–Kier alpha value is -1.89. The highest BCUT2D eigenvalue weighted by atomic mass is 16.5. The standard InChI is InChI=1S/C11H18N6O/c1-6(2)7(4-18-3)15-10-8-9(14-5-13-8)16-11(12)17-10/h5-7H,4H2,1-3H3,(H4,12,13,14,15,16,17). The predicted octanol–water partition coefficient (Wildman–Crippen LogP) is 1.02. The molecule has 18 heavy (non-hydrogen) atoms. The molecule has 0 aliphatic heterocycles. The van der Waals surface area contributed by atoms with Crippen molar-refractivity contribution in [2.75, 3.05) is 24.8 Å². The molecule has 1 unspecified atom stereocenters. The maximum absolute atomic E-state index is 5.66. The third kappa shape index (κ3) is 2.51. The van der Waals surface area contributed by atoms with Gasteiger partial charge in [-0.3, -0.25) is 0 Å². The number of hydrogen-bond donors (Lipinski definition) is 3. The number of nitrogens with one attached hydrogen (secondary N) is 2. The quantitative estimate of drug-likeness (QED) is 0.732. The van der Waals surface area contributed by atoms with E-state index in [-0.39, 0.29) is 12.0 Å². The number of nitrogens with two attached hydrogens (primary N) is 1. The first kappa shape index (κ1) is 12.6. The summed E-state index contributed by atoms with van der Waals surface area (Å²) in [6.45, 7) is 4.83. The fourth-order valence-electron chi connectivity index (χ4n) is 1.71. The summed E-state index contributed by atoms with van der Waals surface area (Å²) >= 11 is 0. The fourth-order valence-corrected chi connectivity index (χ4v) is 1.71. The SMILES string of the molecule is COCC(Nc1nc(N)nc2nc[nH]c12)C(C)C. The summed E-state index contributed by atoms with van der Waals surface area (Å²) in [4.78, 5) is 15.3. The molecule has 2 rings (SSSR count). The van der Waals surface area contributed by atoms with Gasteiger partial charge < -0.3 is 20.8 Å². The van der Waals surface area contributed by atoms with E-state index < -0.39 is 0 Å². The summed E-state index contributed by atoms with van der Waals surface area (Å²) in [6.07, 6.45) is 1.57. The number of H-pyrrole nitrogens is 1. The van der Waals surface area contributed by atoms with Crippen molar-refractivity contribution < 1.29 is 4.74 Å². The predicted molar refractivity (Wildman–Crippen MR) is 70.2 cm³/mol. The molecule has 0 radical (unpaired) electrons. The van der Waals surface area contributed by atoms with E-state index in [2.05, 4.69) is 39.1 Å². The molecule has 7 heteroatoms. The van der Waals surface area contributed by atoms with Gasteiger partial charge in [-0.15, -0.1) is 0 Å². The summed E-state index contributed by atoms with van der Waals surface area (Å²) in [6, 6.07) is 0.149. The summed E-state index contributed by atoms with van der Waals surface area (Å²) in [5, 5.41) is 3.32. The van der Waals surface area contributed by atoms with Gasteiger partial charge in [0.15, 0.2) is 11.5 Å². The molecule has 98 valence electrons. The third-order valence-corrected chi connectivity index (χ3v) is 2.78. The van der Waals surface area contributed by atoms with Gasteiger partial charge in [0.2, 0.25) is 5.95 Å². The number of nitrogen functional groups attached to an aromatic ring is 1. The Labute approximate surface area is 105 Å². The molecule has 0 saturated carbocycles. The normalized spacial score (nSPS) is 13.1. The number of ether oxygens (including phenoxy) is 1. The van der Waals surface area contributed by atoms with Crippen molar-refractivity contribution in [2.45, 2.75) is 19.9 Å². The second kappa shape index (κ2) is 5.18.